The first-order valence-electron chi connectivity index (χ1n) is 12.1. The van der Waals surface area contributed by atoms with Gasteiger partial charge in [-0.05, 0) is 82.1 Å². The summed E-state index contributed by atoms with van der Waals surface area (Å²) in [5, 5.41) is 0. The van der Waals surface area contributed by atoms with Gasteiger partial charge in [-0.25, -0.2) is 16.8 Å². The van der Waals surface area contributed by atoms with Crippen molar-refractivity contribution in [1.82, 2.24) is 0 Å². The van der Waals surface area contributed by atoms with E-state index in [-0.39, 0.29) is 63.7 Å². The maximum absolute atomic E-state index is 14.2. The van der Waals surface area contributed by atoms with Crippen LogP contribution >= 0.6 is 31.9 Å². The number of ketones is 2. The van der Waals surface area contributed by atoms with E-state index in [0.717, 1.165) is 11.1 Å². The number of nitrogens with one attached hydrogen (secondary N) is 2. The van der Waals surface area contributed by atoms with E-state index in [4.69, 9.17) is 11.5 Å². The van der Waals surface area contributed by atoms with E-state index < -0.39 is 31.6 Å². The Morgan fingerprint density at radius 2 is 0.881 bits per heavy atom. The molecule has 0 aliphatic heterocycles. The number of rotatable bonds is 6. The van der Waals surface area contributed by atoms with Crippen LogP contribution in [0.25, 0.3) is 0 Å². The van der Waals surface area contributed by atoms with Crippen molar-refractivity contribution in [3.8, 4) is 0 Å². The molecule has 6 N–H and O–H groups in total. The van der Waals surface area contributed by atoms with Crippen molar-refractivity contribution in [2.75, 3.05) is 20.9 Å². The number of fused-ring (bicyclic) bond motifs is 2. The van der Waals surface area contributed by atoms with E-state index in [1.165, 1.54) is 36.4 Å². The van der Waals surface area contributed by atoms with Gasteiger partial charge in [-0.15, -0.1) is 0 Å². The smallest absolute Gasteiger partial charge is 0.261 e. The summed E-state index contributed by atoms with van der Waals surface area (Å²) in [5.41, 5.74) is 12.2. The van der Waals surface area contributed by atoms with Crippen LogP contribution in [0.2, 0.25) is 0 Å². The van der Waals surface area contributed by atoms with Crippen molar-refractivity contribution in [1.29, 1.82) is 0 Å². The summed E-state index contributed by atoms with van der Waals surface area (Å²) in [4.78, 5) is 28.0. The molecule has 0 aromatic heterocycles. The van der Waals surface area contributed by atoms with Gasteiger partial charge in [0.25, 0.3) is 20.0 Å². The average molecular weight is 734 g/mol. The highest BCUT2D eigenvalue weighted by atomic mass is 79.9. The number of nitrogen functional groups attached to an aromatic ring is 2. The van der Waals surface area contributed by atoms with Crippen LogP contribution in [0.4, 0.5) is 22.7 Å². The lowest BCUT2D eigenvalue weighted by atomic mass is 9.81. The molecule has 4 aromatic rings. The third-order valence-electron chi connectivity index (χ3n) is 6.69. The molecule has 0 fully saturated rings. The molecule has 0 atom stereocenters. The maximum atomic E-state index is 14.2. The Balaban J connectivity index is 1.70. The van der Waals surface area contributed by atoms with E-state index in [2.05, 4.69) is 41.3 Å². The summed E-state index contributed by atoms with van der Waals surface area (Å²) < 4.78 is 58.3. The topological polar surface area (TPSA) is 179 Å². The summed E-state index contributed by atoms with van der Waals surface area (Å²) in [6.07, 6.45) is 0. The van der Waals surface area contributed by atoms with Crippen LogP contribution in [0.1, 0.15) is 43.0 Å². The Hall–Kier alpha value is -3.72. The van der Waals surface area contributed by atoms with Gasteiger partial charge in [-0.3, -0.25) is 19.0 Å². The minimum atomic E-state index is -4.22. The van der Waals surface area contributed by atoms with Gasteiger partial charge in [-0.2, -0.15) is 0 Å². The molecule has 1 aliphatic carbocycles. The molecular formula is C28H22Br2N4O6S2. The van der Waals surface area contributed by atoms with E-state index in [1.807, 2.05) is 0 Å². The molecule has 10 nitrogen and oxygen atoms in total. The summed E-state index contributed by atoms with van der Waals surface area (Å²) in [5.74, 6) is -1.65. The zero-order chi connectivity index (χ0) is 30.7. The highest BCUT2D eigenvalue weighted by Crippen LogP contribution is 2.45. The van der Waals surface area contributed by atoms with E-state index in [0.29, 0.717) is 0 Å². The molecule has 0 unspecified atom stereocenters. The second kappa shape index (κ2) is 10.5. The van der Waals surface area contributed by atoms with Crippen LogP contribution < -0.4 is 20.9 Å². The Kier molecular flexibility index (Phi) is 7.46. The SMILES string of the molecule is Cc1ccc(S(=O)(=O)Nc2cc(Br)c(N)c3c2C(=O)c2c(NS(=O)(=O)c4ccc(C)cc4)cc(Br)c(N)c2C3=O)cc1. The number of benzene rings is 4. The fourth-order valence-electron chi connectivity index (χ4n) is 4.53. The highest BCUT2D eigenvalue weighted by molar-refractivity contribution is 9.11. The van der Waals surface area contributed by atoms with Crippen LogP contribution in [-0.2, 0) is 20.0 Å². The van der Waals surface area contributed by atoms with Crippen LogP contribution in [0.15, 0.2) is 79.4 Å². The number of hydrogen-bond donors (Lipinski definition) is 4. The number of sulfonamides is 2. The first-order chi connectivity index (χ1) is 19.6. The third-order valence-corrected chi connectivity index (χ3v) is 10.8. The standard InChI is InChI=1S/C28H22Br2N4O6S2/c1-13-3-7-15(8-4-13)41(37,38)33-19-11-17(29)25(31)23-21(19)27(35)22-20(12-18(30)26(32)24(22)28(23)36)34-42(39,40)16-9-5-14(2)6-10-16/h3-12,33-34H,31-32H2,1-2H3. The van der Waals surface area contributed by atoms with Gasteiger partial charge in [0.15, 0.2) is 11.6 Å². The predicted octanol–water partition coefficient (Wildman–Crippen LogP) is 5.37. The van der Waals surface area contributed by atoms with Gasteiger partial charge in [0.2, 0.25) is 0 Å². The zero-order valence-corrected chi connectivity index (χ0v) is 26.8. The third kappa shape index (κ3) is 5.08. The van der Waals surface area contributed by atoms with Gasteiger partial charge >= 0.3 is 0 Å². The van der Waals surface area contributed by atoms with Crippen molar-refractivity contribution in [2.24, 2.45) is 0 Å². The van der Waals surface area contributed by atoms with Crippen molar-refractivity contribution in [3.63, 3.8) is 0 Å². The molecule has 0 spiro atoms. The van der Waals surface area contributed by atoms with Gasteiger partial charge < -0.3 is 11.5 Å². The van der Waals surface area contributed by atoms with Crippen LogP contribution in [0.5, 0.6) is 0 Å². The molecule has 0 bridgehead atoms. The predicted molar refractivity (Wildman–Crippen MR) is 168 cm³/mol. The molecule has 0 heterocycles. The monoisotopic (exact) mass is 732 g/mol. The molecule has 0 radical (unpaired) electrons. The molecule has 4 aromatic carbocycles. The van der Waals surface area contributed by atoms with Gasteiger partial charge in [-0.1, -0.05) is 35.4 Å². The fourth-order valence-corrected chi connectivity index (χ4v) is 7.51. The first kappa shape index (κ1) is 29.8. The normalized spacial score (nSPS) is 13.0. The maximum Gasteiger partial charge on any atom is 0.261 e. The molecule has 0 saturated heterocycles. The highest BCUT2D eigenvalue weighted by Gasteiger charge is 2.40. The van der Waals surface area contributed by atoms with Gasteiger partial charge in [0.05, 0.1) is 54.8 Å². The van der Waals surface area contributed by atoms with Crippen molar-refractivity contribution in [3.05, 3.63) is 103 Å². The van der Waals surface area contributed by atoms with Crippen molar-refractivity contribution < 1.29 is 26.4 Å². The molecule has 0 saturated carbocycles. The lowest BCUT2D eigenvalue weighted by molar-refractivity contribution is 0.0981. The number of hydrogen-bond acceptors (Lipinski definition) is 8. The minimum Gasteiger partial charge on any atom is -0.397 e. The van der Waals surface area contributed by atoms with Crippen LogP contribution in [0, 0.1) is 13.8 Å². The lowest BCUT2D eigenvalue weighted by Crippen LogP contribution is -2.28. The zero-order valence-electron chi connectivity index (χ0n) is 22.0. The Bertz CT molecular complexity index is 1900. The lowest BCUT2D eigenvalue weighted by Gasteiger charge is -2.26. The molecule has 5 rings (SSSR count). The van der Waals surface area contributed by atoms with E-state index >= 15 is 0 Å². The first-order valence-corrected chi connectivity index (χ1v) is 16.7. The number of nitrogens with two attached hydrogens (primary N) is 2. The average Bonchev–Trinajstić information content (AvgIpc) is 2.91. The van der Waals surface area contributed by atoms with Crippen molar-refractivity contribution >= 4 is 86.2 Å². The number of carbonyl (C=O) groups excluding carboxylic acids is 2. The summed E-state index contributed by atoms with van der Waals surface area (Å²) in [6.45, 7) is 3.60. The number of anilines is 4. The molecule has 42 heavy (non-hydrogen) atoms. The fraction of sp³-hybridized carbons (Fsp3) is 0.0714. The minimum absolute atomic E-state index is 0.0792. The second-order valence-corrected chi connectivity index (χ2v) is 14.7. The molecule has 14 heteroatoms. The summed E-state index contributed by atoms with van der Waals surface area (Å²) >= 11 is 6.50. The summed E-state index contributed by atoms with van der Waals surface area (Å²) in [7, 11) is -8.45. The second-order valence-electron chi connectivity index (χ2n) is 9.63. The van der Waals surface area contributed by atoms with Gasteiger partial charge in [0, 0.05) is 8.95 Å². The van der Waals surface area contributed by atoms with Crippen LogP contribution in [-0.4, -0.2) is 28.4 Å². The van der Waals surface area contributed by atoms with Gasteiger partial charge in [0.1, 0.15) is 0 Å². The molecular weight excluding hydrogens is 712 g/mol. The van der Waals surface area contributed by atoms with E-state index in [1.54, 1.807) is 38.1 Å². The van der Waals surface area contributed by atoms with E-state index in [9.17, 15) is 26.4 Å². The van der Waals surface area contributed by atoms with Crippen molar-refractivity contribution in [2.45, 2.75) is 23.6 Å². The largest absolute Gasteiger partial charge is 0.397 e. The molecule has 0 amide bonds. The molecule has 216 valence electrons. The Morgan fingerprint density at radius 1 is 0.571 bits per heavy atom. The quantitative estimate of drug-likeness (QED) is 0.168. The number of aryl methyl sites for hydroxylation is 2. The Morgan fingerprint density at radius 3 is 1.21 bits per heavy atom. The van der Waals surface area contributed by atoms with Crippen LogP contribution in [0.3, 0.4) is 0 Å². The Labute approximate surface area is 258 Å². The molecule has 1 aliphatic rings. The number of carbonyl (C=O) groups is 2. The number of halogens is 2. The summed E-state index contributed by atoms with van der Waals surface area (Å²) in [6, 6.07) is 14.6.